The Morgan fingerprint density at radius 3 is 2.67 bits per heavy atom. The molecule has 90 valence electrons. The number of ether oxygens (including phenoxy) is 2. The highest BCUT2D eigenvalue weighted by molar-refractivity contribution is 4.88. The molecular weight excluding hydrogens is 192 g/mol. The van der Waals surface area contributed by atoms with E-state index in [0.717, 1.165) is 38.8 Å². The summed E-state index contributed by atoms with van der Waals surface area (Å²) in [5.74, 6) is 0. The summed E-state index contributed by atoms with van der Waals surface area (Å²) in [4.78, 5) is 0. The topological polar surface area (TPSA) is 56.5 Å². The lowest BCUT2D eigenvalue weighted by molar-refractivity contribution is 0.00996. The van der Waals surface area contributed by atoms with Gasteiger partial charge in [0, 0.05) is 26.3 Å². The summed E-state index contributed by atoms with van der Waals surface area (Å²) in [7, 11) is 3.53. The molecule has 4 nitrogen and oxygen atoms in total. The molecule has 0 aromatic carbocycles. The van der Waals surface area contributed by atoms with E-state index in [1.807, 2.05) is 0 Å². The molecule has 3 N–H and O–H groups in total. The van der Waals surface area contributed by atoms with Gasteiger partial charge in [0.1, 0.15) is 0 Å². The molecule has 1 rings (SSSR count). The maximum Gasteiger partial charge on any atom is 0.0615 e. The molecule has 1 fully saturated rings. The van der Waals surface area contributed by atoms with Crippen LogP contribution in [0.3, 0.4) is 0 Å². The molecule has 0 bridgehead atoms. The fourth-order valence-corrected chi connectivity index (χ4v) is 2.01. The van der Waals surface area contributed by atoms with Crippen LogP contribution in [0, 0.1) is 0 Å². The Morgan fingerprint density at radius 2 is 2.13 bits per heavy atom. The number of hydrogen-bond donors (Lipinski definition) is 2. The van der Waals surface area contributed by atoms with Crippen molar-refractivity contribution in [1.82, 2.24) is 5.32 Å². The van der Waals surface area contributed by atoms with Crippen molar-refractivity contribution in [2.24, 2.45) is 5.73 Å². The third-order valence-corrected chi connectivity index (χ3v) is 3.02. The Kier molecular flexibility index (Phi) is 6.17. The highest BCUT2D eigenvalue weighted by Gasteiger charge is 2.30. The smallest absolute Gasteiger partial charge is 0.0615 e. The fraction of sp³-hybridized carbons (Fsp3) is 1.00. The normalized spacial score (nSPS) is 27.4. The second-order valence-electron chi connectivity index (χ2n) is 4.28. The fourth-order valence-electron chi connectivity index (χ4n) is 2.01. The van der Waals surface area contributed by atoms with Gasteiger partial charge in [0.25, 0.3) is 0 Å². The number of nitrogens with one attached hydrogen (secondary N) is 1. The van der Waals surface area contributed by atoms with E-state index in [2.05, 4.69) is 5.32 Å². The summed E-state index contributed by atoms with van der Waals surface area (Å²) in [6.07, 6.45) is 4.86. The van der Waals surface area contributed by atoms with Crippen molar-refractivity contribution >= 4 is 0 Å². The predicted octanol–water partition coefficient (Wildman–Crippen LogP) is 0.507. The largest absolute Gasteiger partial charge is 0.383 e. The molecule has 0 aromatic rings. The zero-order valence-electron chi connectivity index (χ0n) is 9.87. The van der Waals surface area contributed by atoms with Gasteiger partial charge >= 0.3 is 0 Å². The summed E-state index contributed by atoms with van der Waals surface area (Å²) >= 11 is 0. The first-order chi connectivity index (χ1) is 7.30. The van der Waals surface area contributed by atoms with Gasteiger partial charge < -0.3 is 20.5 Å². The Labute approximate surface area is 92.5 Å². The van der Waals surface area contributed by atoms with Gasteiger partial charge in [-0.05, 0) is 32.2 Å². The first-order valence-corrected chi connectivity index (χ1v) is 5.78. The van der Waals surface area contributed by atoms with Crippen LogP contribution in [0.15, 0.2) is 0 Å². The van der Waals surface area contributed by atoms with Crippen molar-refractivity contribution in [3.8, 4) is 0 Å². The van der Waals surface area contributed by atoms with Crippen LogP contribution in [0.2, 0.25) is 0 Å². The lowest BCUT2D eigenvalue weighted by Crippen LogP contribution is -2.50. The van der Waals surface area contributed by atoms with Crippen molar-refractivity contribution in [1.29, 1.82) is 0 Å². The standard InChI is InChI=1S/C11H24N2O2/c1-14-8-9(4-3-5-12)13-10-6-11(7-10)15-2/h9-11,13H,3-8,12H2,1-2H3. The van der Waals surface area contributed by atoms with Gasteiger partial charge in [-0.25, -0.2) is 0 Å². The SMILES string of the molecule is COCC(CCCN)NC1CC(OC)C1. The molecular formula is C11H24N2O2. The average molecular weight is 216 g/mol. The molecule has 1 unspecified atom stereocenters. The highest BCUT2D eigenvalue weighted by atomic mass is 16.5. The van der Waals surface area contributed by atoms with E-state index < -0.39 is 0 Å². The van der Waals surface area contributed by atoms with Gasteiger partial charge in [-0.1, -0.05) is 0 Å². The van der Waals surface area contributed by atoms with Crippen LogP contribution in [0.1, 0.15) is 25.7 Å². The summed E-state index contributed by atoms with van der Waals surface area (Å²) in [6, 6.07) is 1.05. The molecule has 1 aliphatic rings. The first-order valence-electron chi connectivity index (χ1n) is 5.78. The maximum atomic E-state index is 5.51. The van der Waals surface area contributed by atoms with E-state index in [-0.39, 0.29) is 0 Å². The second-order valence-corrected chi connectivity index (χ2v) is 4.28. The Balaban J connectivity index is 2.14. The molecule has 0 radical (unpaired) electrons. The van der Waals surface area contributed by atoms with Crippen molar-refractivity contribution in [2.75, 3.05) is 27.4 Å². The second kappa shape index (κ2) is 7.17. The Hall–Kier alpha value is -0.160. The molecule has 4 heteroatoms. The van der Waals surface area contributed by atoms with E-state index in [4.69, 9.17) is 15.2 Å². The van der Waals surface area contributed by atoms with Crippen molar-refractivity contribution in [3.05, 3.63) is 0 Å². The Bertz CT molecular complexity index is 161. The molecule has 1 saturated carbocycles. The zero-order chi connectivity index (χ0) is 11.1. The van der Waals surface area contributed by atoms with E-state index in [0.29, 0.717) is 18.2 Å². The summed E-state index contributed by atoms with van der Waals surface area (Å²) in [5, 5.41) is 3.59. The lowest BCUT2D eigenvalue weighted by atomic mass is 9.88. The van der Waals surface area contributed by atoms with Gasteiger partial charge in [-0.3, -0.25) is 0 Å². The number of rotatable bonds is 8. The average Bonchev–Trinajstić information content (AvgIpc) is 2.19. The minimum absolute atomic E-state index is 0.446. The van der Waals surface area contributed by atoms with Gasteiger partial charge in [0.15, 0.2) is 0 Å². The third kappa shape index (κ3) is 4.47. The van der Waals surface area contributed by atoms with E-state index in [1.165, 1.54) is 0 Å². The van der Waals surface area contributed by atoms with Crippen molar-refractivity contribution in [2.45, 2.75) is 43.9 Å². The van der Waals surface area contributed by atoms with Crippen molar-refractivity contribution < 1.29 is 9.47 Å². The van der Waals surface area contributed by atoms with Crippen LogP contribution in [-0.2, 0) is 9.47 Å². The monoisotopic (exact) mass is 216 g/mol. The van der Waals surface area contributed by atoms with Gasteiger partial charge in [0.05, 0.1) is 12.7 Å². The van der Waals surface area contributed by atoms with E-state index >= 15 is 0 Å². The highest BCUT2D eigenvalue weighted by Crippen LogP contribution is 2.23. The van der Waals surface area contributed by atoms with Gasteiger partial charge in [-0.15, -0.1) is 0 Å². The molecule has 0 amide bonds. The van der Waals surface area contributed by atoms with Crippen LogP contribution < -0.4 is 11.1 Å². The third-order valence-electron chi connectivity index (χ3n) is 3.02. The van der Waals surface area contributed by atoms with Gasteiger partial charge in [0.2, 0.25) is 0 Å². The summed E-state index contributed by atoms with van der Waals surface area (Å²) < 4.78 is 10.4. The lowest BCUT2D eigenvalue weighted by Gasteiger charge is -2.37. The number of methoxy groups -OCH3 is 2. The molecule has 15 heavy (non-hydrogen) atoms. The molecule has 0 spiro atoms. The summed E-state index contributed by atoms with van der Waals surface area (Å²) in [6.45, 7) is 1.53. The quantitative estimate of drug-likeness (QED) is 0.620. The molecule has 1 aliphatic carbocycles. The molecule has 0 aliphatic heterocycles. The summed E-state index contributed by atoms with van der Waals surface area (Å²) in [5.41, 5.74) is 5.51. The molecule has 1 atom stereocenters. The van der Waals surface area contributed by atoms with Gasteiger partial charge in [-0.2, -0.15) is 0 Å². The predicted molar refractivity (Wildman–Crippen MR) is 60.9 cm³/mol. The van der Waals surface area contributed by atoms with Crippen LogP contribution in [0.5, 0.6) is 0 Å². The van der Waals surface area contributed by atoms with Crippen molar-refractivity contribution in [3.63, 3.8) is 0 Å². The molecule has 0 saturated heterocycles. The Morgan fingerprint density at radius 1 is 1.40 bits per heavy atom. The van der Waals surface area contributed by atoms with Crippen LogP contribution in [0.25, 0.3) is 0 Å². The maximum absolute atomic E-state index is 5.51. The first kappa shape index (κ1) is 12.9. The van der Waals surface area contributed by atoms with E-state index in [1.54, 1.807) is 14.2 Å². The van der Waals surface area contributed by atoms with Crippen LogP contribution >= 0.6 is 0 Å². The van der Waals surface area contributed by atoms with Crippen LogP contribution in [-0.4, -0.2) is 45.6 Å². The van der Waals surface area contributed by atoms with E-state index in [9.17, 15) is 0 Å². The van der Waals surface area contributed by atoms with Crippen LogP contribution in [0.4, 0.5) is 0 Å². The zero-order valence-corrected chi connectivity index (χ0v) is 9.87. The molecule has 0 heterocycles. The molecule has 0 aromatic heterocycles. The minimum Gasteiger partial charge on any atom is -0.383 e. The number of hydrogen-bond acceptors (Lipinski definition) is 4. The minimum atomic E-state index is 0.446. The number of nitrogens with two attached hydrogens (primary N) is 1.